The zero-order valence-electron chi connectivity index (χ0n) is 14.7. The van der Waals surface area contributed by atoms with E-state index in [1.165, 1.54) is 6.08 Å². The number of aromatic nitrogens is 1. The van der Waals surface area contributed by atoms with Gasteiger partial charge in [-0.2, -0.15) is 13.2 Å². The van der Waals surface area contributed by atoms with Crippen LogP contribution in [-0.4, -0.2) is 41.7 Å². The largest absolute Gasteiger partial charge is 0.455 e. The average molecular weight is 418 g/mol. The first kappa shape index (κ1) is 19.3. The van der Waals surface area contributed by atoms with E-state index in [0.29, 0.717) is 25.1 Å². The first-order valence-electron chi connectivity index (χ1n) is 8.59. The van der Waals surface area contributed by atoms with Gasteiger partial charge in [0.2, 0.25) is 0 Å². The van der Waals surface area contributed by atoms with Gasteiger partial charge in [-0.15, -0.1) is 0 Å². The van der Waals surface area contributed by atoms with Crippen LogP contribution in [0.1, 0.15) is 31.7 Å². The Morgan fingerprint density at radius 1 is 1.32 bits per heavy atom. The van der Waals surface area contributed by atoms with Gasteiger partial charge in [-0.05, 0) is 44.2 Å². The summed E-state index contributed by atoms with van der Waals surface area (Å²) >= 11 is 0. The van der Waals surface area contributed by atoms with Gasteiger partial charge in [-0.1, -0.05) is 6.08 Å². The topological polar surface area (TPSA) is 106 Å². The van der Waals surface area contributed by atoms with E-state index in [0.717, 1.165) is 6.07 Å². The number of aliphatic hydroxyl groups is 1. The predicted molar refractivity (Wildman–Crippen MR) is 88.2 cm³/mol. The van der Waals surface area contributed by atoms with E-state index < -0.39 is 50.0 Å². The summed E-state index contributed by atoms with van der Waals surface area (Å²) < 4.78 is 70.9. The van der Waals surface area contributed by atoms with Crippen LogP contribution in [0.2, 0.25) is 0 Å². The van der Waals surface area contributed by atoms with Crippen LogP contribution in [0.4, 0.5) is 13.2 Å². The lowest BCUT2D eigenvalue weighted by atomic mass is 9.71. The first-order chi connectivity index (χ1) is 12.9. The summed E-state index contributed by atoms with van der Waals surface area (Å²) in [4.78, 5) is 15.5. The Labute approximate surface area is 158 Å². The lowest BCUT2D eigenvalue weighted by Crippen LogP contribution is -2.54. The maximum Gasteiger partial charge on any atom is 0.417 e. The van der Waals surface area contributed by atoms with Gasteiger partial charge in [0.25, 0.3) is 10.0 Å². The van der Waals surface area contributed by atoms with Gasteiger partial charge in [0.05, 0.1) is 11.1 Å². The molecular formula is C17H17F3N2O5S. The molecule has 1 unspecified atom stereocenters. The smallest absolute Gasteiger partial charge is 0.417 e. The molecule has 0 bridgehead atoms. The third kappa shape index (κ3) is 2.83. The monoisotopic (exact) mass is 418 g/mol. The summed E-state index contributed by atoms with van der Waals surface area (Å²) in [5.41, 5.74) is -3.69. The highest BCUT2D eigenvalue weighted by atomic mass is 32.2. The van der Waals surface area contributed by atoms with Crippen molar-refractivity contribution in [1.82, 2.24) is 9.71 Å². The highest BCUT2D eigenvalue weighted by Crippen LogP contribution is 2.53. The van der Waals surface area contributed by atoms with Crippen molar-refractivity contribution < 1.29 is 36.2 Å². The Kier molecular flexibility index (Phi) is 3.99. The maximum atomic E-state index is 12.7. The van der Waals surface area contributed by atoms with Crippen LogP contribution in [0.5, 0.6) is 0 Å². The molecule has 0 amide bonds. The molecule has 1 saturated carbocycles. The minimum atomic E-state index is -4.63. The number of carbonyl (C=O) groups excluding carboxylic acids is 1. The highest BCUT2D eigenvalue weighted by Gasteiger charge is 2.64. The van der Waals surface area contributed by atoms with E-state index in [4.69, 9.17) is 4.74 Å². The molecule has 1 aromatic heterocycles. The number of pyridine rings is 1. The van der Waals surface area contributed by atoms with Crippen LogP contribution in [0, 0.1) is 5.92 Å². The molecular weight excluding hydrogens is 401 g/mol. The maximum absolute atomic E-state index is 12.7. The number of esters is 1. The minimum Gasteiger partial charge on any atom is -0.455 e. The number of halogens is 3. The zero-order chi connectivity index (χ0) is 20.5. The summed E-state index contributed by atoms with van der Waals surface area (Å²) in [6, 6.07) is 1.41. The van der Waals surface area contributed by atoms with E-state index in [-0.39, 0.29) is 17.9 Å². The molecule has 4 atom stereocenters. The van der Waals surface area contributed by atoms with Crippen LogP contribution in [0.15, 0.2) is 35.0 Å². The van der Waals surface area contributed by atoms with Crippen LogP contribution in [0.25, 0.3) is 0 Å². The van der Waals surface area contributed by atoms with Gasteiger partial charge < -0.3 is 9.84 Å². The molecule has 0 spiro atoms. The molecule has 0 aromatic carbocycles. The van der Waals surface area contributed by atoms with Gasteiger partial charge >= 0.3 is 12.1 Å². The van der Waals surface area contributed by atoms with Crippen molar-refractivity contribution in [2.75, 3.05) is 0 Å². The second kappa shape index (κ2) is 5.77. The lowest BCUT2D eigenvalue weighted by molar-refractivity contribution is -0.140. The summed E-state index contributed by atoms with van der Waals surface area (Å²) in [6.07, 6.45) is -2.22. The van der Waals surface area contributed by atoms with Gasteiger partial charge in [0.1, 0.15) is 11.7 Å². The molecule has 2 heterocycles. The zero-order valence-corrected chi connectivity index (χ0v) is 15.5. The van der Waals surface area contributed by atoms with Crippen molar-refractivity contribution >= 4 is 16.0 Å². The van der Waals surface area contributed by atoms with Crippen molar-refractivity contribution in [1.29, 1.82) is 0 Å². The molecule has 2 aliphatic carbocycles. The SMILES string of the molecule is C[C@]1(NS(=O)(=O)c2ccc(C(F)(F)F)cn2)C=C2C(=O)O[C@@H]3CCC(C1)[C@]23O. The van der Waals surface area contributed by atoms with Crippen LogP contribution >= 0.6 is 0 Å². The van der Waals surface area contributed by atoms with Crippen molar-refractivity contribution in [3.8, 4) is 0 Å². The first-order valence-corrected chi connectivity index (χ1v) is 10.1. The quantitative estimate of drug-likeness (QED) is 0.722. The number of sulfonamides is 1. The molecule has 2 fully saturated rings. The molecule has 0 radical (unpaired) electrons. The Hall–Kier alpha value is -1.98. The molecule has 152 valence electrons. The van der Waals surface area contributed by atoms with Gasteiger partial charge in [0, 0.05) is 11.7 Å². The molecule has 3 aliphatic rings. The fourth-order valence-electron chi connectivity index (χ4n) is 4.41. The number of alkyl halides is 3. The number of nitrogens with zero attached hydrogens (tertiary/aromatic N) is 1. The van der Waals surface area contributed by atoms with Crippen molar-refractivity contribution in [3.05, 3.63) is 35.5 Å². The second-order valence-corrected chi connectivity index (χ2v) is 9.29. The van der Waals surface area contributed by atoms with Crippen molar-refractivity contribution in [2.45, 2.75) is 54.6 Å². The van der Waals surface area contributed by atoms with Gasteiger partial charge in [0.15, 0.2) is 5.03 Å². The number of rotatable bonds is 3. The molecule has 1 aromatic rings. The predicted octanol–water partition coefficient (Wildman–Crippen LogP) is 1.53. The van der Waals surface area contributed by atoms with Crippen LogP contribution < -0.4 is 4.72 Å². The van der Waals surface area contributed by atoms with Gasteiger partial charge in [-0.3, -0.25) is 0 Å². The Balaban J connectivity index is 1.65. The summed E-state index contributed by atoms with van der Waals surface area (Å²) in [5, 5.41) is 10.4. The summed E-state index contributed by atoms with van der Waals surface area (Å²) in [5.74, 6) is -1.06. The number of nitrogens with one attached hydrogen (secondary N) is 1. The van der Waals surface area contributed by atoms with E-state index in [1.54, 1.807) is 6.92 Å². The highest BCUT2D eigenvalue weighted by molar-refractivity contribution is 7.89. The van der Waals surface area contributed by atoms with E-state index >= 15 is 0 Å². The standard InChI is InChI=1S/C17H17F3N2O5S/c1-15(6-9-2-4-12-16(9,24)11(7-15)14(23)27-12)22-28(25,26)13-5-3-10(8-21-13)17(18,19)20/h3,5,7-9,12,22,24H,2,4,6H2,1H3/t9?,12-,15-,16+/m1/s1. The number of carbonyl (C=O) groups is 1. The van der Waals surface area contributed by atoms with E-state index in [2.05, 4.69) is 9.71 Å². The normalized spacial score (nSPS) is 34.8. The third-order valence-corrected chi connectivity index (χ3v) is 7.16. The van der Waals surface area contributed by atoms with Crippen molar-refractivity contribution in [3.63, 3.8) is 0 Å². The summed E-state index contributed by atoms with van der Waals surface area (Å²) in [6.45, 7) is 1.54. The van der Waals surface area contributed by atoms with E-state index in [9.17, 15) is 31.5 Å². The molecule has 1 saturated heterocycles. The number of hydrogen-bond acceptors (Lipinski definition) is 6. The molecule has 4 rings (SSSR count). The fraction of sp³-hybridized carbons (Fsp3) is 0.529. The summed E-state index contributed by atoms with van der Waals surface area (Å²) in [7, 11) is -4.27. The Morgan fingerprint density at radius 3 is 2.64 bits per heavy atom. The average Bonchev–Trinajstić information content (AvgIpc) is 3.01. The van der Waals surface area contributed by atoms with Crippen LogP contribution in [-0.2, 0) is 25.7 Å². The van der Waals surface area contributed by atoms with Crippen LogP contribution in [0.3, 0.4) is 0 Å². The van der Waals surface area contributed by atoms with Crippen molar-refractivity contribution in [2.24, 2.45) is 5.92 Å². The lowest BCUT2D eigenvalue weighted by Gasteiger charge is -2.40. The fourth-order valence-corrected chi connectivity index (χ4v) is 5.71. The second-order valence-electron chi connectivity index (χ2n) is 7.66. The Bertz CT molecular complexity index is 976. The molecule has 28 heavy (non-hydrogen) atoms. The Morgan fingerprint density at radius 2 is 2.04 bits per heavy atom. The van der Waals surface area contributed by atoms with E-state index in [1.807, 2.05) is 0 Å². The number of hydrogen-bond donors (Lipinski definition) is 2. The number of ether oxygens (including phenoxy) is 1. The molecule has 7 nitrogen and oxygen atoms in total. The molecule has 1 aliphatic heterocycles. The third-order valence-electron chi connectivity index (χ3n) is 5.63. The van der Waals surface area contributed by atoms with Gasteiger partial charge in [-0.25, -0.2) is 22.9 Å². The molecule has 11 heteroatoms. The molecule has 2 N–H and O–H groups in total. The minimum absolute atomic E-state index is 0.0248.